The van der Waals surface area contributed by atoms with Gasteiger partial charge in [-0.2, -0.15) is 0 Å². The van der Waals surface area contributed by atoms with Crippen LogP contribution in [0.4, 0.5) is 14.5 Å². The van der Waals surface area contributed by atoms with E-state index in [4.69, 9.17) is 0 Å². The Labute approximate surface area is 122 Å². The molecule has 1 N–H and O–H groups in total. The molecule has 114 valence electrons. The van der Waals surface area contributed by atoms with Crippen LogP contribution < -0.4 is 10.2 Å². The third-order valence-corrected chi connectivity index (χ3v) is 3.85. The molecule has 1 fully saturated rings. The molecule has 1 atom stereocenters. The summed E-state index contributed by atoms with van der Waals surface area (Å²) in [4.78, 5) is 23.2. The van der Waals surface area contributed by atoms with Crippen molar-refractivity contribution < 1.29 is 18.4 Å². The van der Waals surface area contributed by atoms with Crippen LogP contribution in [0.3, 0.4) is 0 Å². The van der Waals surface area contributed by atoms with Crippen molar-refractivity contribution in [1.82, 2.24) is 5.32 Å². The number of hydrogen-bond donors (Lipinski definition) is 1. The topological polar surface area (TPSA) is 49.4 Å². The summed E-state index contributed by atoms with van der Waals surface area (Å²) in [5.74, 6) is -2.40. The van der Waals surface area contributed by atoms with Gasteiger partial charge in [0.15, 0.2) is 0 Å². The number of carbonyl (C=O) groups is 2. The van der Waals surface area contributed by atoms with Gasteiger partial charge in [-0.15, -0.1) is 0 Å². The molecule has 4 nitrogen and oxygen atoms in total. The standard InChI is InChI=1S/C15H18F2N2O2/c1-18-11-7-19(8-11)12-5-13(16)15(14(17)6-12)10(9-21)3-2-4-20/h4-6,9-11,18H,2-3,7-8H2,1H3. The number of nitrogens with zero attached hydrogens (tertiary/aromatic N) is 1. The Hall–Kier alpha value is -1.82. The van der Waals surface area contributed by atoms with Crippen LogP contribution in [-0.4, -0.2) is 38.8 Å². The van der Waals surface area contributed by atoms with Crippen LogP contribution in [0.15, 0.2) is 12.1 Å². The number of aldehydes is 2. The largest absolute Gasteiger partial charge is 0.368 e. The maximum absolute atomic E-state index is 14.1. The van der Waals surface area contributed by atoms with E-state index in [1.165, 1.54) is 12.1 Å². The average Bonchev–Trinajstić information content (AvgIpc) is 2.40. The van der Waals surface area contributed by atoms with Crippen molar-refractivity contribution in [3.05, 3.63) is 29.3 Å². The Morgan fingerprint density at radius 3 is 2.43 bits per heavy atom. The SMILES string of the molecule is CNC1CN(c2cc(F)c(C(C=O)CCC=O)c(F)c2)C1. The molecule has 1 aliphatic rings. The fourth-order valence-electron chi connectivity index (χ4n) is 2.51. The summed E-state index contributed by atoms with van der Waals surface area (Å²) in [5, 5.41) is 3.08. The van der Waals surface area contributed by atoms with Gasteiger partial charge in [0.25, 0.3) is 0 Å². The second-order valence-electron chi connectivity index (χ2n) is 5.20. The molecule has 1 heterocycles. The first-order valence-electron chi connectivity index (χ1n) is 6.90. The number of hydrogen-bond acceptors (Lipinski definition) is 4. The highest BCUT2D eigenvalue weighted by Gasteiger charge is 2.28. The molecule has 1 aromatic carbocycles. The average molecular weight is 296 g/mol. The molecular weight excluding hydrogens is 278 g/mol. The maximum atomic E-state index is 14.1. The third-order valence-electron chi connectivity index (χ3n) is 3.85. The zero-order valence-electron chi connectivity index (χ0n) is 11.8. The van der Waals surface area contributed by atoms with E-state index in [2.05, 4.69) is 5.32 Å². The number of likely N-dealkylation sites (N-methyl/N-ethyl adjacent to an activating group) is 1. The molecule has 0 aromatic heterocycles. The van der Waals surface area contributed by atoms with Crippen LogP contribution in [0.1, 0.15) is 24.3 Å². The maximum Gasteiger partial charge on any atom is 0.132 e. The summed E-state index contributed by atoms with van der Waals surface area (Å²) in [5.41, 5.74) is 0.224. The fourth-order valence-corrected chi connectivity index (χ4v) is 2.51. The Morgan fingerprint density at radius 2 is 1.95 bits per heavy atom. The summed E-state index contributed by atoms with van der Waals surface area (Å²) in [6.45, 7) is 1.38. The molecule has 1 aromatic rings. The van der Waals surface area contributed by atoms with Crippen LogP contribution in [-0.2, 0) is 9.59 Å². The molecule has 0 saturated carbocycles. The second kappa shape index (κ2) is 6.76. The fraction of sp³-hybridized carbons (Fsp3) is 0.467. The highest BCUT2D eigenvalue weighted by molar-refractivity contribution is 5.65. The number of carbonyl (C=O) groups excluding carboxylic acids is 2. The van der Waals surface area contributed by atoms with Gasteiger partial charge in [0.05, 0.1) is 0 Å². The van der Waals surface area contributed by atoms with Gasteiger partial charge in [-0.05, 0) is 25.6 Å². The molecule has 1 aliphatic heterocycles. The van der Waals surface area contributed by atoms with Crippen LogP contribution in [0.5, 0.6) is 0 Å². The zero-order valence-corrected chi connectivity index (χ0v) is 11.8. The second-order valence-corrected chi connectivity index (χ2v) is 5.20. The minimum Gasteiger partial charge on any atom is -0.368 e. The first-order valence-corrected chi connectivity index (χ1v) is 6.90. The number of nitrogens with one attached hydrogen (secondary N) is 1. The smallest absolute Gasteiger partial charge is 0.132 e. The van der Waals surface area contributed by atoms with Crippen LogP contribution >= 0.6 is 0 Å². The lowest BCUT2D eigenvalue weighted by molar-refractivity contribution is -0.110. The van der Waals surface area contributed by atoms with Crippen LogP contribution in [0.2, 0.25) is 0 Å². The van der Waals surface area contributed by atoms with Crippen molar-refractivity contribution in [1.29, 1.82) is 0 Å². The lowest BCUT2D eigenvalue weighted by atomic mass is 9.94. The predicted molar refractivity (Wildman–Crippen MR) is 75.5 cm³/mol. The Kier molecular flexibility index (Phi) is 5.01. The van der Waals surface area contributed by atoms with E-state index in [1.807, 2.05) is 11.9 Å². The summed E-state index contributed by atoms with van der Waals surface area (Å²) < 4.78 is 28.3. The van der Waals surface area contributed by atoms with Gasteiger partial charge >= 0.3 is 0 Å². The molecule has 1 saturated heterocycles. The zero-order chi connectivity index (χ0) is 15.4. The summed E-state index contributed by atoms with van der Waals surface area (Å²) in [7, 11) is 1.84. The van der Waals surface area contributed by atoms with E-state index in [9.17, 15) is 18.4 Å². The van der Waals surface area contributed by atoms with Gasteiger partial charge in [0.1, 0.15) is 24.2 Å². The van der Waals surface area contributed by atoms with Gasteiger partial charge in [-0.3, -0.25) is 0 Å². The number of halogens is 2. The van der Waals surface area contributed by atoms with E-state index >= 15 is 0 Å². The third kappa shape index (κ3) is 3.26. The highest BCUT2D eigenvalue weighted by Crippen LogP contribution is 2.30. The Bertz CT molecular complexity index is 507. The molecule has 21 heavy (non-hydrogen) atoms. The number of benzene rings is 1. The van der Waals surface area contributed by atoms with E-state index < -0.39 is 17.6 Å². The quantitative estimate of drug-likeness (QED) is 0.777. The minimum atomic E-state index is -0.925. The van der Waals surface area contributed by atoms with E-state index in [0.29, 0.717) is 37.4 Å². The minimum absolute atomic E-state index is 0.0972. The summed E-state index contributed by atoms with van der Waals surface area (Å²) in [6, 6.07) is 2.83. The monoisotopic (exact) mass is 296 g/mol. The van der Waals surface area contributed by atoms with E-state index in [1.54, 1.807) is 0 Å². The van der Waals surface area contributed by atoms with Gasteiger partial charge in [0.2, 0.25) is 0 Å². The first kappa shape index (κ1) is 15.6. The molecule has 0 bridgehead atoms. The van der Waals surface area contributed by atoms with Crippen molar-refractivity contribution in [2.75, 3.05) is 25.0 Å². The van der Waals surface area contributed by atoms with Gasteiger partial charge in [0, 0.05) is 42.7 Å². The Balaban J connectivity index is 2.20. The molecule has 0 spiro atoms. The normalized spacial score (nSPS) is 16.4. The van der Waals surface area contributed by atoms with E-state index in [-0.39, 0.29) is 18.4 Å². The molecule has 1 unspecified atom stereocenters. The lowest BCUT2D eigenvalue weighted by Crippen LogP contribution is -2.57. The Morgan fingerprint density at radius 1 is 1.33 bits per heavy atom. The molecule has 6 heteroatoms. The summed E-state index contributed by atoms with van der Waals surface area (Å²) in [6.07, 6.45) is 1.34. The van der Waals surface area contributed by atoms with Crippen molar-refractivity contribution in [2.45, 2.75) is 24.8 Å². The molecular formula is C15H18F2N2O2. The predicted octanol–water partition coefficient (Wildman–Crippen LogP) is 1.63. The lowest BCUT2D eigenvalue weighted by Gasteiger charge is -2.41. The van der Waals surface area contributed by atoms with Crippen molar-refractivity contribution in [3.8, 4) is 0 Å². The van der Waals surface area contributed by atoms with Crippen molar-refractivity contribution in [3.63, 3.8) is 0 Å². The van der Waals surface area contributed by atoms with Gasteiger partial charge < -0.3 is 19.8 Å². The molecule has 0 radical (unpaired) electrons. The van der Waals surface area contributed by atoms with E-state index in [0.717, 1.165) is 0 Å². The van der Waals surface area contributed by atoms with Crippen molar-refractivity contribution in [2.24, 2.45) is 0 Å². The highest BCUT2D eigenvalue weighted by atomic mass is 19.1. The molecule has 2 rings (SSSR count). The molecule has 0 amide bonds. The van der Waals surface area contributed by atoms with Gasteiger partial charge in [-0.25, -0.2) is 8.78 Å². The molecule has 0 aliphatic carbocycles. The van der Waals surface area contributed by atoms with Gasteiger partial charge in [-0.1, -0.05) is 0 Å². The number of anilines is 1. The van der Waals surface area contributed by atoms with Crippen LogP contribution in [0.25, 0.3) is 0 Å². The number of rotatable bonds is 7. The van der Waals surface area contributed by atoms with Crippen LogP contribution in [0, 0.1) is 11.6 Å². The van der Waals surface area contributed by atoms with Crippen molar-refractivity contribution >= 4 is 18.3 Å². The summed E-state index contributed by atoms with van der Waals surface area (Å²) >= 11 is 0. The first-order chi connectivity index (χ1) is 10.1.